The van der Waals surface area contributed by atoms with Gasteiger partial charge < -0.3 is 9.67 Å². The molecule has 2 aromatic carbocycles. The van der Waals surface area contributed by atoms with Crippen molar-refractivity contribution in [2.75, 3.05) is 0 Å². The van der Waals surface area contributed by atoms with E-state index in [0.717, 1.165) is 5.56 Å². The third-order valence-electron chi connectivity index (χ3n) is 3.73. The Morgan fingerprint density at radius 3 is 2.42 bits per heavy atom. The molecule has 1 heterocycles. The van der Waals surface area contributed by atoms with Gasteiger partial charge in [0.05, 0.1) is 22.5 Å². The summed E-state index contributed by atoms with van der Waals surface area (Å²) in [6.45, 7) is 0.244. The Morgan fingerprint density at radius 1 is 1.08 bits per heavy atom. The number of carbonyl (C=O) groups is 1. The highest BCUT2D eigenvalue weighted by atomic mass is 16.6. The van der Waals surface area contributed by atoms with Crippen LogP contribution in [0.5, 0.6) is 0 Å². The minimum atomic E-state index is -1.02. The average molecular weight is 324 g/mol. The fourth-order valence-electron chi connectivity index (χ4n) is 2.50. The number of carboxylic acid groups (broad SMARTS) is 1. The van der Waals surface area contributed by atoms with E-state index in [1.165, 1.54) is 34.9 Å². The molecule has 0 radical (unpaired) electrons. The Kier molecular flexibility index (Phi) is 3.83. The second-order valence-corrected chi connectivity index (χ2v) is 5.26. The van der Waals surface area contributed by atoms with Crippen LogP contribution in [0.3, 0.4) is 0 Å². The van der Waals surface area contributed by atoms with Crippen LogP contribution in [0.4, 0.5) is 5.69 Å². The molecular formula is C17H12N2O5. The van der Waals surface area contributed by atoms with Crippen molar-refractivity contribution in [3.05, 3.63) is 86.2 Å². The summed E-state index contributed by atoms with van der Waals surface area (Å²) >= 11 is 0. The van der Waals surface area contributed by atoms with Crippen LogP contribution in [0, 0.1) is 10.1 Å². The topological polar surface area (TPSA) is 102 Å². The molecule has 0 atom stereocenters. The predicted octanol–water partition coefficient (Wildman–Crippen LogP) is 2.66. The third-order valence-corrected chi connectivity index (χ3v) is 3.73. The van der Waals surface area contributed by atoms with Crippen LogP contribution in [0.1, 0.15) is 15.9 Å². The van der Waals surface area contributed by atoms with Gasteiger partial charge in [-0.3, -0.25) is 14.9 Å². The fourth-order valence-corrected chi connectivity index (χ4v) is 2.50. The Bertz CT molecular complexity index is 1010. The van der Waals surface area contributed by atoms with Gasteiger partial charge in [0.25, 0.3) is 11.2 Å². The molecule has 1 aromatic heterocycles. The number of fused-ring (bicyclic) bond motifs is 1. The van der Waals surface area contributed by atoms with E-state index in [1.54, 1.807) is 24.3 Å². The maximum atomic E-state index is 12.2. The van der Waals surface area contributed by atoms with E-state index >= 15 is 0 Å². The molecule has 120 valence electrons. The first-order valence-electron chi connectivity index (χ1n) is 7.06. The molecule has 7 heteroatoms. The average Bonchev–Trinajstić information content (AvgIpc) is 2.57. The first-order valence-corrected chi connectivity index (χ1v) is 7.06. The molecule has 0 unspecified atom stereocenters. The summed E-state index contributed by atoms with van der Waals surface area (Å²) in [6.07, 6.45) is 0. The van der Waals surface area contributed by atoms with Crippen LogP contribution in [0.25, 0.3) is 10.9 Å². The fraction of sp³-hybridized carbons (Fsp3) is 0.0588. The molecule has 0 bridgehead atoms. The molecule has 0 saturated carbocycles. The van der Waals surface area contributed by atoms with E-state index in [2.05, 4.69) is 0 Å². The summed E-state index contributed by atoms with van der Waals surface area (Å²) in [5.41, 5.74) is 1.22. The Hall–Kier alpha value is -3.48. The van der Waals surface area contributed by atoms with Gasteiger partial charge in [-0.05, 0) is 29.8 Å². The molecule has 0 aliphatic carbocycles. The number of hydrogen-bond donors (Lipinski definition) is 1. The predicted molar refractivity (Wildman–Crippen MR) is 87.4 cm³/mol. The van der Waals surface area contributed by atoms with Crippen molar-refractivity contribution in [3.8, 4) is 0 Å². The SMILES string of the molecule is O=C(O)c1ccc(Cn2c(=O)ccc3cc([N+](=O)[O-])ccc32)cc1. The summed E-state index contributed by atoms with van der Waals surface area (Å²) in [5.74, 6) is -1.02. The van der Waals surface area contributed by atoms with Crippen LogP contribution in [-0.2, 0) is 6.54 Å². The van der Waals surface area contributed by atoms with Gasteiger partial charge in [0.2, 0.25) is 0 Å². The second-order valence-electron chi connectivity index (χ2n) is 5.26. The van der Waals surface area contributed by atoms with E-state index in [1.807, 2.05) is 0 Å². The maximum absolute atomic E-state index is 12.2. The molecule has 7 nitrogen and oxygen atoms in total. The highest BCUT2D eigenvalue weighted by molar-refractivity contribution is 5.87. The van der Waals surface area contributed by atoms with Crippen LogP contribution in [0.2, 0.25) is 0 Å². The first kappa shape index (κ1) is 15.4. The summed E-state index contributed by atoms with van der Waals surface area (Å²) in [7, 11) is 0. The van der Waals surface area contributed by atoms with E-state index < -0.39 is 10.9 Å². The van der Waals surface area contributed by atoms with Crippen molar-refractivity contribution in [3.63, 3.8) is 0 Å². The summed E-state index contributed by atoms with van der Waals surface area (Å²) in [5, 5.41) is 20.4. The third kappa shape index (κ3) is 2.87. The number of aromatic carboxylic acids is 1. The van der Waals surface area contributed by atoms with Gasteiger partial charge in [0, 0.05) is 23.6 Å². The lowest BCUT2D eigenvalue weighted by atomic mass is 10.1. The summed E-state index contributed by atoms with van der Waals surface area (Å²) < 4.78 is 1.49. The minimum absolute atomic E-state index is 0.0430. The first-order chi connectivity index (χ1) is 11.5. The number of non-ortho nitro benzene ring substituents is 1. The zero-order valence-corrected chi connectivity index (χ0v) is 12.4. The molecule has 3 rings (SSSR count). The zero-order valence-electron chi connectivity index (χ0n) is 12.4. The highest BCUT2D eigenvalue weighted by Gasteiger charge is 2.10. The monoisotopic (exact) mass is 324 g/mol. The molecule has 1 N–H and O–H groups in total. The smallest absolute Gasteiger partial charge is 0.335 e. The number of aromatic nitrogens is 1. The van der Waals surface area contributed by atoms with Crippen LogP contribution in [-0.4, -0.2) is 20.6 Å². The van der Waals surface area contributed by atoms with Crippen molar-refractivity contribution < 1.29 is 14.8 Å². The Balaban J connectivity index is 2.05. The number of benzene rings is 2. The van der Waals surface area contributed by atoms with Gasteiger partial charge in [-0.25, -0.2) is 4.79 Å². The van der Waals surface area contributed by atoms with E-state index in [9.17, 15) is 19.7 Å². The van der Waals surface area contributed by atoms with Gasteiger partial charge in [0.15, 0.2) is 0 Å². The molecule has 0 aliphatic heterocycles. The number of nitro benzene ring substituents is 1. The zero-order chi connectivity index (χ0) is 17.3. The van der Waals surface area contributed by atoms with Gasteiger partial charge in [-0.1, -0.05) is 12.1 Å². The van der Waals surface area contributed by atoms with Crippen LogP contribution in [0.15, 0.2) is 59.4 Å². The lowest BCUT2D eigenvalue weighted by molar-refractivity contribution is -0.384. The lowest BCUT2D eigenvalue weighted by Gasteiger charge is -2.10. The molecule has 0 aliphatic rings. The number of nitrogens with zero attached hydrogens (tertiary/aromatic N) is 2. The van der Waals surface area contributed by atoms with Gasteiger partial charge in [-0.2, -0.15) is 0 Å². The molecule has 24 heavy (non-hydrogen) atoms. The lowest BCUT2D eigenvalue weighted by Crippen LogP contribution is -2.20. The van der Waals surface area contributed by atoms with Crippen molar-refractivity contribution in [1.29, 1.82) is 0 Å². The second kappa shape index (κ2) is 5.96. The summed E-state index contributed by atoms with van der Waals surface area (Å²) in [6, 6.07) is 13.4. The molecule has 0 fully saturated rings. The Morgan fingerprint density at radius 2 is 1.79 bits per heavy atom. The standard InChI is InChI=1S/C17H12N2O5/c20-16-8-5-13-9-14(19(23)24)6-7-15(13)18(16)10-11-1-3-12(4-2-11)17(21)22/h1-9H,10H2,(H,21,22). The van der Waals surface area contributed by atoms with Crippen molar-refractivity contribution in [1.82, 2.24) is 4.57 Å². The number of pyridine rings is 1. The normalized spacial score (nSPS) is 10.7. The minimum Gasteiger partial charge on any atom is -0.478 e. The van der Waals surface area contributed by atoms with Gasteiger partial charge in [-0.15, -0.1) is 0 Å². The van der Waals surface area contributed by atoms with E-state index in [4.69, 9.17) is 5.11 Å². The number of hydrogen-bond acceptors (Lipinski definition) is 4. The van der Waals surface area contributed by atoms with E-state index in [0.29, 0.717) is 10.9 Å². The number of rotatable bonds is 4. The van der Waals surface area contributed by atoms with Crippen molar-refractivity contribution >= 4 is 22.6 Å². The van der Waals surface area contributed by atoms with Crippen LogP contribution < -0.4 is 5.56 Å². The van der Waals surface area contributed by atoms with Gasteiger partial charge in [0.1, 0.15) is 0 Å². The molecule has 0 amide bonds. The summed E-state index contributed by atoms with van der Waals surface area (Å²) in [4.78, 5) is 33.4. The molecule has 0 saturated heterocycles. The maximum Gasteiger partial charge on any atom is 0.335 e. The number of carboxylic acids is 1. The van der Waals surface area contributed by atoms with Crippen molar-refractivity contribution in [2.45, 2.75) is 6.54 Å². The molecular weight excluding hydrogens is 312 g/mol. The quantitative estimate of drug-likeness (QED) is 0.587. The van der Waals surface area contributed by atoms with Crippen LogP contribution >= 0.6 is 0 Å². The van der Waals surface area contributed by atoms with E-state index in [-0.39, 0.29) is 23.4 Å². The largest absolute Gasteiger partial charge is 0.478 e. The molecule has 0 spiro atoms. The highest BCUT2D eigenvalue weighted by Crippen LogP contribution is 2.20. The van der Waals surface area contributed by atoms with Gasteiger partial charge >= 0.3 is 5.97 Å². The number of nitro groups is 1. The molecule has 3 aromatic rings. The van der Waals surface area contributed by atoms with Crippen molar-refractivity contribution in [2.24, 2.45) is 0 Å². The Labute approximate surface area is 135 Å².